The molecule has 24 heavy (non-hydrogen) atoms. The lowest BCUT2D eigenvalue weighted by atomic mass is 10.3. The number of amides is 1. The first kappa shape index (κ1) is 19.1. The van der Waals surface area contributed by atoms with Crippen LogP contribution >= 0.6 is 11.9 Å². The van der Waals surface area contributed by atoms with Crippen molar-refractivity contribution in [3.63, 3.8) is 0 Å². The van der Waals surface area contributed by atoms with E-state index in [-0.39, 0.29) is 0 Å². The second-order valence-electron chi connectivity index (χ2n) is 6.31. The highest BCUT2D eigenvalue weighted by atomic mass is 32.2. The van der Waals surface area contributed by atoms with Crippen LogP contribution in [0, 0.1) is 0 Å². The van der Waals surface area contributed by atoms with Crippen LogP contribution in [0.15, 0.2) is 29.2 Å². The molecule has 0 saturated carbocycles. The highest BCUT2D eigenvalue weighted by Gasteiger charge is 2.18. The van der Waals surface area contributed by atoms with Crippen molar-refractivity contribution in [2.45, 2.75) is 30.6 Å². The van der Waals surface area contributed by atoms with Crippen LogP contribution in [0.4, 0.5) is 0 Å². The van der Waals surface area contributed by atoms with E-state index in [2.05, 4.69) is 35.9 Å². The number of hydrogen-bond donors (Lipinski definition) is 1. The van der Waals surface area contributed by atoms with Gasteiger partial charge in [0.25, 0.3) is 0 Å². The number of rotatable bonds is 11. The Morgan fingerprint density at radius 3 is 2.71 bits per heavy atom. The molecule has 0 aromatic heterocycles. The third kappa shape index (κ3) is 7.11. The van der Waals surface area contributed by atoms with Crippen molar-refractivity contribution in [1.29, 1.82) is 0 Å². The average Bonchev–Trinajstić information content (AvgIpc) is 2.97. The highest BCUT2D eigenvalue weighted by Crippen LogP contribution is 2.19. The Balaban J connectivity index is 1.55. The molecule has 0 bridgehead atoms. The second kappa shape index (κ2) is 10.6. The van der Waals surface area contributed by atoms with E-state index in [0.29, 0.717) is 5.91 Å². The van der Waals surface area contributed by atoms with Gasteiger partial charge in [-0.2, -0.15) is 0 Å². The summed E-state index contributed by atoms with van der Waals surface area (Å²) in [5, 5.41) is 0. The zero-order valence-corrected chi connectivity index (χ0v) is 15.6. The molecule has 0 aliphatic carbocycles. The minimum Gasteiger partial charge on any atom is -0.494 e. The Labute approximate surface area is 149 Å². The zero-order valence-electron chi connectivity index (χ0n) is 14.8. The molecule has 134 valence electrons. The van der Waals surface area contributed by atoms with Crippen LogP contribution in [0.3, 0.4) is 0 Å². The molecule has 1 fully saturated rings. The average molecular weight is 352 g/mol. The van der Waals surface area contributed by atoms with Crippen LogP contribution in [0.1, 0.15) is 25.7 Å². The minimum atomic E-state index is 0.309. The Morgan fingerprint density at radius 1 is 1.25 bits per heavy atom. The van der Waals surface area contributed by atoms with Crippen molar-refractivity contribution in [3.8, 4) is 5.75 Å². The number of likely N-dealkylation sites (tertiary alicyclic amines) is 1. The highest BCUT2D eigenvalue weighted by molar-refractivity contribution is 7.97. The maximum atomic E-state index is 11.5. The standard InChI is InChI=1S/C18H29N3O2S/c1-20(2)12-5-15-23-16-7-9-17(10-8-16)24-19-11-4-14-21-13-3-6-18(21)22/h7-10,19H,3-6,11-15H2,1-2H3. The fourth-order valence-corrected chi connectivity index (χ4v) is 3.28. The number of carbonyl (C=O) groups excluding carboxylic acids is 1. The normalized spacial score (nSPS) is 14.6. The fraction of sp³-hybridized carbons (Fsp3) is 0.611. The van der Waals surface area contributed by atoms with Crippen molar-refractivity contribution in [2.24, 2.45) is 0 Å². The molecular formula is C18H29N3O2S. The summed E-state index contributed by atoms with van der Waals surface area (Å²) in [6.45, 7) is 4.49. The zero-order chi connectivity index (χ0) is 17.2. The Hall–Kier alpha value is -1.24. The van der Waals surface area contributed by atoms with Gasteiger partial charge in [0.2, 0.25) is 5.91 Å². The lowest BCUT2D eigenvalue weighted by Gasteiger charge is -2.15. The lowest BCUT2D eigenvalue weighted by Crippen LogP contribution is -2.27. The second-order valence-corrected chi connectivity index (χ2v) is 7.28. The summed E-state index contributed by atoms with van der Waals surface area (Å²) in [5.41, 5.74) is 0. The number of benzene rings is 1. The van der Waals surface area contributed by atoms with Gasteiger partial charge in [-0.25, -0.2) is 0 Å². The summed E-state index contributed by atoms with van der Waals surface area (Å²) in [7, 11) is 4.14. The number of ether oxygens (including phenoxy) is 1. The van der Waals surface area contributed by atoms with Crippen LogP contribution in [0.2, 0.25) is 0 Å². The fourth-order valence-electron chi connectivity index (χ4n) is 2.59. The van der Waals surface area contributed by atoms with Gasteiger partial charge in [-0.15, -0.1) is 0 Å². The molecule has 2 rings (SSSR count). The van der Waals surface area contributed by atoms with Crippen LogP contribution < -0.4 is 9.46 Å². The van der Waals surface area contributed by atoms with E-state index in [1.807, 2.05) is 17.0 Å². The first-order chi connectivity index (χ1) is 11.6. The van der Waals surface area contributed by atoms with Crippen molar-refractivity contribution >= 4 is 17.9 Å². The first-order valence-electron chi connectivity index (χ1n) is 8.70. The molecule has 0 radical (unpaired) electrons. The van der Waals surface area contributed by atoms with Crippen molar-refractivity contribution < 1.29 is 9.53 Å². The monoisotopic (exact) mass is 351 g/mol. The van der Waals surface area contributed by atoms with Gasteiger partial charge in [0.1, 0.15) is 5.75 Å². The maximum absolute atomic E-state index is 11.5. The summed E-state index contributed by atoms with van der Waals surface area (Å²) in [6, 6.07) is 8.18. The number of hydrogen-bond acceptors (Lipinski definition) is 5. The minimum absolute atomic E-state index is 0.309. The summed E-state index contributed by atoms with van der Waals surface area (Å²) in [6.07, 6.45) is 3.77. The predicted octanol–water partition coefficient (Wildman–Crippen LogP) is 2.63. The molecular weight excluding hydrogens is 322 g/mol. The first-order valence-corrected chi connectivity index (χ1v) is 9.52. The van der Waals surface area contributed by atoms with Gasteiger partial charge >= 0.3 is 0 Å². The van der Waals surface area contributed by atoms with Crippen molar-refractivity contribution in [3.05, 3.63) is 24.3 Å². The predicted molar refractivity (Wildman–Crippen MR) is 99.4 cm³/mol. The number of carbonyl (C=O) groups is 1. The van der Waals surface area contributed by atoms with Crippen LogP contribution in [-0.4, -0.2) is 62.6 Å². The van der Waals surface area contributed by atoms with Gasteiger partial charge < -0.3 is 14.5 Å². The molecule has 1 aromatic carbocycles. The Kier molecular flexibility index (Phi) is 8.42. The molecule has 1 aliphatic rings. The number of nitrogens with zero attached hydrogens (tertiary/aromatic N) is 2. The Bertz CT molecular complexity index is 494. The molecule has 0 unspecified atom stereocenters. The van der Waals surface area contributed by atoms with Crippen molar-refractivity contribution in [2.75, 3.05) is 46.9 Å². The molecule has 1 heterocycles. The SMILES string of the molecule is CN(C)CCCOc1ccc(SNCCCN2CCCC2=O)cc1. The van der Waals surface area contributed by atoms with Gasteiger partial charge in [0.05, 0.1) is 6.61 Å². The van der Waals surface area contributed by atoms with Gasteiger partial charge in [0, 0.05) is 37.5 Å². The van der Waals surface area contributed by atoms with Gasteiger partial charge in [-0.3, -0.25) is 9.52 Å². The third-order valence-corrected chi connectivity index (χ3v) is 4.77. The Morgan fingerprint density at radius 2 is 2.04 bits per heavy atom. The van der Waals surface area contributed by atoms with Crippen LogP contribution in [-0.2, 0) is 4.79 Å². The summed E-state index contributed by atoms with van der Waals surface area (Å²) in [4.78, 5) is 16.8. The van der Waals surface area contributed by atoms with E-state index >= 15 is 0 Å². The smallest absolute Gasteiger partial charge is 0.222 e. The third-order valence-electron chi connectivity index (χ3n) is 3.91. The largest absolute Gasteiger partial charge is 0.494 e. The molecule has 1 saturated heterocycles. The molecule has 5 nitrogen and oxygen atoms in total. The van der Waals surface area contributed by atoms with E-state index in [9.17, 15) is 4.79 Å². The van der Waals surface area contributed by atoms with Crippen LogP contribution in [0.5, 0.6) is 5.75 Å². The molecule has 0 spiro atoms. The van der Waals surface area contributed by atoms with Gasteiger partial charge in [-0.1, -0.05) is 0 Å². The van der Waals surface area contributed by atoms with E-state index in [1.165, 1.54) is 4.90 Å². The topological polar surface area (TPSA) is 44.8 Å². The molecule has 6 heteroatoms. The van der Waals surface area contributed by atoms with E-state index in [1.54, 1.807) is 11.9 Å². The van der Waals surface area contributed by atoms with E-state index in [0.717, 1.165) is 64.2 Å². The van der Waals surface area contributed by atoms with Crippen molar-refractivity contribution in [1.82, 2.24) is 14.5 Å². The quantitative estimate of drug-likeness (QED) is 0.490. The summed E-state index contributed by atoms with van der Waals surface area (Å²) < 4.78 is 9.08. The van der Waals surface area contributed by atoms with Gasteiger partial charge in [-0.05, 0) is 69.6 Å². The summed E-state index contributed by atoms with van der Waals surface area (Å²) in [5.74, 6) is 1.23. The molecule has 0 atom stereocenters. The van der Waals surface area contributed by atoms with E-state index in [4.69, 9.17) is 4.74 Å². The summed E-state index contributed by atoms with van der Waals surface area (Å²) >= 11 is 1.63. The lowest BCUT2D eigenvalue weighted by molar-refractivity contribution is -0.127. The van der Waals surface area contributed by atoms with Crippen LogP contribution in [0.25, 0.3) is 0 Å². The number of nitrogens with one attached hydrogen (secondary N) is 1. The maximum Gasteiger partial charge on any atom is 0.222 e. The van der Waals surface area contributed by atoms with E-state index < -0.39 is 0 Å². The van der Waals surface area contributed by atoms with Gasteiger partial charge in [0.15, 0.2) is 0 Å². The molecule has 1 amide bonds. The molecule has 1 N–H and O–H groups in total. The molecule has 1 aliphatic heterocycles. The molecule has 1 aromatic rings.